The van der Waals surface area contributed by atoms with Crippen LogP contribution in [0.25, 0.3) is 0 Å². The number of amides is 2. The van der Waals surface area contributed by atoms with E-state index in [1.54, 1.807) is 13.8 Å². The van der Waals surface area contributed by atoms with Crippen molar-refractivity contribution in [3.05, 3.63) is 59.7 Å². The number of nitrogens with one attached hydrogen (secondary N) is 1. The van der Waals surface area contributed by atoms with E-state index < -0.39 is 0 Å². The highest BCUT2D eigenvalue weighted by Gasteiger charge is 2.30. The molecule has 7 nitrogen and oxygen atoms in total. The van der Waals surface area contributed by atoms with Crippen molar-refractivity contribution in [2.45, 2.75) is 110 Å². The van der Waals surface area contributed by atoms with E-state index in [0.717, 1.165) is 36.8 Å². The smallest absolute Gasteiger partial charge is 0.223 e. The van der Waals surface area contributed by atoms with Crippen LogP contribution in [0.4, 0.5) is 0 Å². The average molecular weight is 567 g/mol. The topological polar surface area (TPSA) is 99.1 Å². The van der Waals surface area contributed by atoms with Crippen LogP contribution in [0.5, 0.6) is 0 Å². The Morgan fingerprint density at radius 1 is 1.07 bits per heavy atom. The van der Waals surface area contributed by atoms with Gasteiger partial charge in [-0.3, -0.25) is 9.59 Å². The van der Waals surface area contributed by atoms with Gasteiger partial charge in [-0.05, 0) is 51.2 Å². The summed E-state index contributed by atoms with van der Waals surface area (Å²) in [6.07, 6.45) is 14.5. The molecule has 226 valence electrons. The minimum Gasteiger partial charge on any atom is -0.394 e. The molecule has 4 rings (SSSR count). The third-order valence-electron chi connectivity index (χ3n) is 7.01. The van der Waals surface area contributed by atoms with Crippen molar-refractivity contribution in [2.24, 2.45) is 5.92 Å². The lowest BCUT2D eigenvalue weighted by molar-refractivity contribution is -0.135. The van der Waals surface area contributed by atoms with Gasteiger partial charge in [0.2, 0.25) is 11.8 Å². The van der Waals surface area contributed by atoms with Gasteiger partial charge in [-0.15, -0.1) is 0 Å². The zero-order chi connectivity index (χ0) is 30.0. The number of fused-ring (bicyclic) bond motifs is 2. The van der Waals surface area contributed by atoms with E-state index >= 15 is 0 Å². The first-order chi connectivity index (χ1) is 19.8. The fraction of sp³-hybridized carbons (Fsp3) is 0.588. The Labute approximate surface area is 247 Å². The molecule has 0 bridgehead atoms. The molecule has 4 atom stereocenters. The second-order valence-corrected chi connectivity index (χ2v) is 11.0. The quantitative estimate of drug-likeness (QED) is 0.292. The molecule has 1 aromatic rings. The van der Waals surface area contributed by atoms with Gasteiger partial charge >= 0.3 is 0 Å². The molecule has 2 heterocycles. The molecule has 1 aromatic carbocycles. The van der Waals surface area contributed by atoms with Crippen LogP contribution < -0.4 is 5.32 Å². The molecule has 2 aliphatic heterocycles. The number of aliphatic hydroxyl groups excluding tert-OH is 2. The fourth-order valence-corrected chi connectivity index (χ4v) is 4.65. The van der Waals surface area contributed by atoms with Gasteiger partial charge < -0.3 is 25.2 Å². The van der Waals surface area contributed by atoms with Crippen LogP contribution in [-0.2, 0) is 20.9 Å². The van der Waals surface area contributed by atoms with Crippen molar-refractivity contribution in [3.8, 4) is 11.8 Å². The van der Waals surface area contributed by atoms with Crippen LogP contribution in [0.3, 0.4) is 0 Å². The molecule has 3 aliphatic rings. The number of aliphatic hydroxyl groups is 2. The highest BCUT2D eigenvalue weighted by molar-refractivity contribution is 5.84. The third-order valence-corrected chi connectivity index (χ3v) is 7.01. The number of allylic oxidation sites excluding steroid dienone is 2. The van der Waals surface area contributed by atoms with Crippen LogP contribution >= 0.6 is 0 Å². The molecule has 0 aromatic heterocycles. The number of nitrogens with zero attached hydrogens (tertiary/aromatic N) is 1. The molecule has 2 amide bonds. The van der Waals surface area contributed by atoms with Crippen LogP contribution in [-0.4, -0.2) is 64.4 Å². The number of hydrogen-bond donors (Lipinski definition) is 3. The third kappa shape index (κ3) is 12.6. The summed E-state index contributed by atoms with van der Waals surface area (Å²) in [6, 6.07) is 7.80. The molecule has 41 heavy (non-hydrogen) atoms. The van der Waals surface area contributed by atoms with E-state index in [9.17, 15) is 9.59 Å². The first-order valence-electron chi connectivity index (χ1n) is 15.2. The first kappa shape index (κ1) is 34.3. The van der Waals surface area contributed by atoms with E-state index in [2.05, 4.69) is 31.0 Å². The number of benzene rings is 1. The molecule has 0 saturated carbocycles. The summed E-state index contributed by atoms with van der Waals surface area (Å²) >= 11 is 0. The minimum atomic E-state index is -0.167. The Kier molecular flexibility index (Phi) is 16.1. The van der Waals surface area contributed by atoms with E-state index in [-0.39, 0.29) is 61.5 Å². The normalized spacial score (nSPS) is 22.0. The highest BCUT2D eigenvalue weighted by Crippen LogP contribution is 2.25. The lowest BCUT2D eigenvalue weighted by atomic mass is 9.91. The van der Waals surface area contributed by atoms with Crippen LogP contribution in [0.15, 0.2) is 48.6 Å². The number of hydrogen-bond acceptors (Lipinski definition) is 5. The molecule has 0 radical (unpaired) electrons. The van der Waals surface area contributed by atoms with E-state index in [1.807, 2.05) is 53.5 Å². The summed E-state index contributed by atoms with van der Waals surface area (Å²) in [5.74, 6) is 6.39. The second kappa shape index (κ2) is 19.2. The van der Waals surface area contributed by atoms with E-state index in [1.165, 1.54) is 12.8 Å². The molecule has 3 N–H and O–H groups in total. The van der Waals surface area contributed by atoms with Gasteiger partial charge in [0.05, 0.1) is 30.8 Å². The van der Waals surface area contributed by atoms with Gasteiger partial charge in [0.1, 0.15) is 0 Å². The summed E-state index contributed by atoms with van der Waals surface area (Å²) in [7, 11) is 0. The zero-order valence-corrected chi connectivity index (χ0v) is 25.4. The summed E-state index contributed by atoms with van der Waals surface area (Å²) in [4.78, 5) is 27.4. The van der Waals surface area contributed by atoms with Crippen LogP contribution in [0.1, 0.15) is 90.2 Å². The molecule has 1 saturated heterocycles. The predicted octanol–water partition coefficient (Wildman–Crippen LogP) is 4.90. The van der Waals surface area contributed by atoms with Gasteiger partial charge in [-0.25, -0.2) is 0 Å². The highest BCUT2D eigenvalue weighted by atomic mass is 16.5. The zero-order valence-electron chi connectivity index (χ0n) is 25.4. The molecular formula is C34H50N2O5. The van der Waals surface area contributed by atoms with Crippen LogP contribution in [0.2, 0.25) is 0 Å². The largest absolute Gasteiger partial charge is 0.394 e. The Morgan fingerprint density at radius 3 is 2.44 bits per heavy atom. The Hall–Kier alpha value is -2.92. The van der Waals surface area contributed by atoms with Crippen molar-refractivity contribution >= 4 is 11.8 Å². The van der Waals surface area contributed by atoms with Gasteiger partial charge in [-0.1, -0.05) is 81.0 Å². The second-order valence-electron chi connectivity index (χ2n) is 11.0. The maximum absolute atomic E-state index is 13.2. The van der Waals surface area contributed by atoms with Crippen molar-refractivity contribution in [1.82, 2.24) is 10.2 Å². The lowest BCUT2D eigenvalue weighted by Gasteiger charge is -2.35. The van der Waals surface area contributed by atoms with Crippen molar-refractivity contribution < 1.29 is 24.5 Å². The van der Waals surface area contributed by atoms with Gasteiger partial charge in [0.15, 0.2) is 0 Å². The lowest BCUT2D eigenvalue weighted by Crippen LogP contribution is -2.44. The maximum Gasteiger partial charge on any atom is 0.223 e. The SMILES string of the molecule is CC(C)O.CCCC.O=C(CCC(=O)N1Cc2ccccc2C#CC2C=CC=CC21)NCCCC1CCC(CO)O1. The summed E-state index contributed by atoms with van der Waals surface area (Å²) in [6.45, 7) is 8.94. The molecule has 0 spiro atoms. The maximum atomic E-state index is 13.2. The Morgan fingerprint density at radius 2 is 1.76 bits per heavy atom. The van der Waals surface area contributed by atoms with Gasteiger partial charge in [0.25, 0.3) is 0 Å². The van der Waals surface area contributed by atoms with Gasteiger partial charge in [0, 0.05) is 37.6 Å². The van der Waals surface area contributed by atoms with Gasteiger partial charge in [-0.2, -0.15) is 0 Å². The molecule has 1 fully saturated rings. The number of unbranched alkanes of at least 4 members (excludes halogenated alkanes) is 1. The predicted molar refractivity (Wildman–Crippen MR) is 164 cm³/mol. The molecule has 7 heteroatoms. The molecule has 1 aliphatic carbocycles. The minimum absolute atomic E-state index is 0.0343. The Bertz CT molecular complexity index is 1050. The van der Waals surface area contributed by atoms with Crippen molar-refractivity contribution in [2.75, 3.05) is 13.2 Å². The monoisotopic (exact) mass is 566 g/mol. The number of ether oxygens (including phenoxy) is 1. The molecular weight excluding hydrogens is 516 g/mol. The standard InChI is InChI=1S/C27H32N2O4.C4H10.C3H8O/c30-19-24-14-13-23(33-24)9-5-17-28-26(31)15-16-27(32)29-18-22-8-2-1-6-20(22)11-12-21-7-3-4-10-25(21)29;1-3-4-2;1-3(2)4/h1-4,6-8,10,21,23-25,30H,5,9,13-19H2,(H,28,31);3-4H2,1-2H3;3-4H,1-2H3. The summed E-state index contributed by atoms with van der Waals surface area (Å²) in [5.41, 5.74) is 1.98. The van der Waals surface area contributed by atoms with Crippen molar-refractivity contribution in [1.29, 1.82) is 0 Å². The molecule has 4 unspecified atom stereocenters. The number of carbonyl (C=O) groups is 2. The first-order valence-corrected chi connectivity index (χ1v) is 15.2. The summed E-state index contributed by atoms with van der Waals surface area (Å²) < 4.78 is 5.72. The number of carbonyl (C=O) groups excluding carboxylic acids is 2. The summed E-state index contributed by atoms with van der Waals surface area (Å²) in [5, 5.41) is 20.1. The Balaban J connectivity index is 0.000000653. The van der Waals surface area contributed by atoms with Crippen molar-refractivity contribution in [3.63, 3.8) is 0 Å². The average Bonchev–Trinajstić information content (AvgIpc) is 3.43. The van der Waals surface area contributed by atoms with E-state index in [0.29, 0.717) is 13.1 Å². The van der Waals surface area contributed by atoms with Crippen LogP contribution in [0, 0.1) is 17.8 Å². The van der Waals surface area contributed by atoms with E-state index in [4.69, 9.17) is 14.9 Å². The number of rotatable bonds is 9. The fourth-order valence-electron chi connectivity index (χ4n) is 4.65.